The van der Waals surface area contributed by atoms with Gasteiger partial charge >= 0.3 is 6.03 Å². The van der Waals surface area contributed by atoms with Gasteiger partial charge in [0.1, 0.15) is 0 Å². The zero-order valence-corrected chi connectivity index (χ0v) is 16.2. The molecule has 1 aliphatic heterocycles. The van der Waals surface area contributed by atoms with Gasteiger partial charge in [0.15, 0.2) is 0 Å². The summed E-state index contributed by atoms with van der Waals surface area (Å²) in [5, 5.41) is 7.45. The lowest BCUT2D eigenvalue weighted by Gasteiger charge is -2.32. The highest BCUT2D eigenvalue weighted by Crippen LogP contribution is 2.18. The third-order valence-corrected chi connectivity index (χ3v) is 5.18. The lowest BCUT2D eigenvalue weighted by Crippen LogP contribution is -2.45. The van der Waals surface area contributed by atoms with Crippen LogP contribution in [0.25, 0.3) is 5.69 Å². The molecule has 1 saturated heterocycles. The van der Waals surface area contributed by atoms with E-state index in [9.17, 15) is 4.79 Å². The Morgan fingerprint density at radius 1 is 1.36 bits per heavy atom. The van der Waals surface area contributed by atoms with E-state index in [0.29, 0.717) is 12.5 Å². The van der Waals surface area contributed by atoms with E-state index in [1.807, 2.05) is 40.4 Å². The molecule has 1 fully saturated rings. The van der Waals surface area contributed by atoms with Gasteiger partial charge in [0.05, 0.1) is 18.2 Å². The van der Waals surface area contributed by atoms with Gasteiger partial charge in [-0.25, -0.2) is 14.5 Å². The topological polar surface area (TPSA) is 68.0 Å². The van der Waals surface area contributed by atoms with Crippen LogP contribution in [0.5, 0.6) is 0 Å². The minimum absolute atomic E-state index is 0.00126. The van der Waals surface area contributed by atoms with Crippen LogP contribution in [0.1, 0.15) is 24.0 Å². The van der Waals surface area contributed by atoms with Crippen LogP contribution < -0.4 is 5.32 Å². The Bertz CT molecular complexity index is 917. The molecule has 3 heterocycles. The summed E-state index contributed by atoms with van der Waals surface area (Å²) in [5.74, 6) is 0.470. The molecule has 0 saturated carbocycles. The molecule has 1 aliphatic rings. The van der Waals surface area contributed by atoms with E-state index in [4.69, 9.17) is 0 Å². The first-order valence-corrected chi connectivity index (χ1v) is 9.76. The highest BCUT2D eigenvalue weighted by atomic mass is 16.2. The molecule has 146 valence electrons. The number of hydrogen-bond acceptors (Lipinski definition) is 3. The largest absolute Gasteiger partial charge is 0.337 e. The number of imidazole rings is 1. The van der Waals surface area contributed by atoms with E-state index in [1.54, 1.807) is 12.4 Å². The monoisotopic (exact) mass is 378 g/mol. The van der Waals surface area contributed by atoms with Gasteiger partial charge in [-0.2, -0.15) is 5.10 Å². The molecule has 0 unspecified atom stereocenters. The first-order chi connectivity index (χ1) is 13.7. The van der Waals surface area contributed by atoms with Gasteiger partial charge < -0.3 is 14.8 Å². The predicted octanol–water partition coefficient (Wildman–Crippen LogP) is 3.00. The summed E-state index contributed by atoms with van der Waals surface area (Å²) in [5.41, 5.74) is 3.20. The molecule has 3 aromatic rings. The number of amides is 2. The average Bonchev–Trinajstić information content (AvgIpc) is 3.38. The number of likely N-dealkylation sites (tertiary alicyclic amines) is 1. The molecule has 0 spiro atoms. The summed E-state index contributed by atoms with van der Waals surface area (Å²) in [4.78, 5) is 18.6. The van der Waals surface area contributed by atoms with Crippen molar-refractivity contribution in [3.63, 3.8) is 0 Å². The van der Waals surface area contributed by atoms with E-state index in [2.05, 4.69) is 39.0 Å². The van der Waals surface area contributed by atoms with Gasteiger partial charge in [-0.15, -0.1) is 0 Å². The Kier molecular flexibility index (Phi) is 5.41. The molecule has 7 heteroatoms. The highest BCUT2D eigenvalue weighted by molar-refractivity contribution is 5.74. The molecule has 0 radical (unpaired) electrons. The third kappa shape index (κ3) is 4.42. The quantitative estimate of drug-likeness (QED) is 0.742. The van der Waals surface area contributed by atoms with Crippen molar-refractivity contribution in [2.75, 3.05) is 13.1 Å². The van der Waals surface area contributed by atoms with Crippen molar-refractivity contribution in [3.8, 4) is 5.69 Å². The van der Waals surface area contributed by atoms with Crippen molar-refractivity contribution in [1.82, 2.24) is 29.5 Å². The number of carbonyl (C=O) groups is 1. The number of nitrogens with zero attached hydrogens (tertiary/aromatic N) is 5. The van der Waals surface area contributed by atoms with Crippen LogP contribution in [0, 0.1) is 12.8 Å². The normalized spacial score (nSPS) is 16.9. The molecule has 4 rings (SSSR count). The minimum atomic E-state index is -0.00126. The summed E-state index contributed by atoms with van der Waals surface area (Å²) in [7, 11) is 0. The molecule has 1 N–H and O–H groups in total. The number of aryl methyl sites for hydroxylation is 1. The fourth-order valence-corrected chi connectivity index (χ4v) is 3.74. The Morgan fingerprint density at radius 3 is 3.11 bits per heavy atom. The highest BCUT2D eigenvalue weighted by Gasteiger charge is 2.23. The molecule has 0 bridgehead atoms. The van der Waals surface area contributed by atoms with Gasteiger partial charge in [0, 0.05) is 50.3 Å². The van der Waals surface area contributed by atoms with Crippen LogP contribution >= 0.6 is 0 Å². The number of piperidine rings is 1. The number of benzene rings is 1. The van der Waals surface area contributed by atoms with Gasteiger partial charge in [-0.05, 0) is 43.4 Å². The smallest absolute Gasteiger partial charge is 0.317 e. The summed E-state index contributed by atoms with van der Waals surface area (Å²) < 4.78 is 3.93. The fraction of sp³-hybridized carbons (Fsp3) is 0.381. The maximum Gasteiger partial charge on any atom is 0.317 e. The summed E-state index contributed by atoms with van der Waals surface area (Å²) >= 11 is 0. The minimum Gasteiger partial charge on any atom is -0.337 e. The SMILES string of the molecule is Cc1cccc(-n2cc(CNC(=O)N3CCC[C@H](Cn4ccnc4)C3)cn2)c1. The molecular weight excluding hydrogens is 352 g/mol. The standard InChI is InChI=1S/C21H26N6O/c1-17-4-2-6-20(10-17)27-15-19(12-24-27)11-23-21(28)26-8-3-5-18(14-26)13-25-9-7-22-16-25/h2,4,6-7,9-10,12,15-16,18H,3,5,8,11,13-14H2,1H3,(H,23,28)/t18-/m1/s1. The second-order valence-corrected chi connectivity index (χ2v) is 7.50. The molecular formula is C21H26N6O. The van der Waals surface area contributed by atoms with E-state index < -0.39 is 0 Å². The van der Waals surface area contributed by atoms with Gasteiger partial charge in [0.25, 0.3) is 0 Å². The van der Waals surface area contributed by atoms with E-state index in [-0.39, 0.29) is 6.03 Å². The van der Waals surface area contributed by atoms with Crippen LogP contribution in [0.3, 0.4) is 0 Å². The van der Waals surface area contributed by atoms with E-state index >= 15 is 0 Å². The Hall–Kier alpha value is -3.09. The van der Waals surface area contributed by atoms with Crippen molar-refractivity contribution in [1.29, 1.82) is 0 Å². The Morgan fingerprint density at radius 2 is 2.29 bits per heavy atom. The number of rotatable bonds is 5. The van der Waals surface area contributed by atoms with Crippen molar-refractivity contribution in [2.24, 2.45) is 5.92 Å². The molecule has 28 heavy (non-hydrogen) atoms. The van der Waals surface area contributed by atoms with Crippen LogP contribution in [0.15, 0.2) is 55.4 Å². The number of urea groups is 1. The van der Waals surface area contributed by atoms with Gasteiger partial charge in [0.2, 0.25) is 0 Å². The number of carbonyl (C=O) groups excluding carboxylic acids is 1. The number of hydrogen-bond donors (Lipinski definition) is 1. The molecule has 0 aliphatic carbocycles. The first kappa shape index (κ1) is 18.3. The lowest BCUT2D eigenvalue weighted by molar-refractivity contribution is 0.159. The van der Waals surface area contributed by atoms with Crippen LogP contribution in [-0.4, -0.2) is 43.4 Å². The van der Waals surface area contributed by atoms with Gasteiger partial charge in [-0.3, -0.25) is 0 Å². The maximum atomic E-state index is 12.6. The predicted molar refractivity (Wildman–Crippen MR) is 107 cm³/mol. The second-order valence-electron chi connectivity index (χ2n) is 7.50. The number of aromatic nitrogens is 4. The van der Waals surface area contributed by atoms with E-state index in [1.165, 1.54) is 5.56 Å². The van der Waals surface area contributed by atoms with Crippen molar-refractivity contribution in [2.45, 2.75) is 32.9 Å². The Balaban J connectivity index is 1.30. The molecule has 1 aromatic carbocycles. The van der Waals surface area contributed by atoms with Crippen molar-refractivity contribution in [3.05, 3.63) is 66.5 Å². The van der Waals surface area contributed by atoms with Gasteiger partial charge in [-0.1, -0.05) is 12.1 Å². The molecule has 7 nitrogen and oxygen atoms in total. The zero-order valence-electron chi connectivity index (χ0n) is 16.2. The third-order valence-electron chi connectivity index (χ3n) is 5.18. The summed E-state index contributed by atoms with van der Waals surface area (Å²) in [6, 6.07) is 8.19. The molecule has 2 aromatic heterocycles. The van der Waals surface area contributed by atoms with E-state index in [0.717, 1.165) is 43.7 Å². The summed E-state index contributed by atoms with van der Waals surface area (Å²) in [6.45, 7) is 5.05. The van der Waals surface area contributed by atoms with Crippen LogP contribution in [0.4, 0.5) is 4.79 Å². The summed E-state index contributed by atoms with van der Waals surface area (Å²) in [6.07, 6.45) is 11.6. The molecule has 1 atom stereocenters. The lowest BCUT2D eigenvalue weighted by atomic mass is 9.98. The van der Waals surface area contributed by atoms with Crippen molar-refractivity contribution < 1.29 is 4.79 Å². The van der Waals surface area contributed by atoms with Crippen molar-refractivity contribution >= 4 is 6.03 Å². The van der Waals surface area contributed by atoms with Crippen LogP contribution in [0.2, 0.25) is 0 Å². The average molecular weight is 378 g/mol. The first-order valence-electron chi connectivity index (χ1n) is 9.76. The Labute approximate surface area is 165 Å². The maximum absolute atomic E-state index is 12.6. The molecule has 2 amide bonds. The number of nitrogens with one attached hydrogen (secondary N) is 1. The second kappa shape index (κ2) is 8.29. The fourth-order valence-electron chi connectivity index (χ4n) is 3.74. The van der Waals surface area contributed by atoms with Crippen LogP contribution in [-0.2, 0) is 13.1 Å². The zero-order chi connectivity index (χ0) is 19.3.